The molecule has 0 radical (unpaired) electrons. The van der Waals surface area contributed by atoms with Crippen LogP contribution in [0.25, 0.3) is 0 Å². The van der Waals surface area contributed by atoms with Gasteiger partial charge in [-0.25, -0.2) is 0 Å². The number of carbonyl (C=O) groups excluding carboxylic acids is 1. The quantitative estimate of drug-likeness (QED) is 0.853. The van der Waals surface area contributed by atoms with Crippen molar-refractivity contribution in [2.75, 3.05) is 13.1 Å². The fourth-order valence-corrected chi connectivity index (χ4v) is 3.31. The molecule has 0 aliphatic carbocycles. The Labute approximate surface area is 143 Å². The molecule has 122 valence electrons. The smallest absolute Gasteiger partial charge is 0.253 e. The van der Waals surface area contributed by atoms with E-state index in [9.17, 15) is 4.79 Å². The summed E-state index contributed by atoms with van der Waals surface area (Å²) in [6.45, 7) is 3.75. The molecule has 3 rings (SSSR count). The van der Waals surface area contributed by atoms with Crippen LogP contribution < -0.4 is 0 Å². The van der Waals surface area contributed by atoms with Crippen LogP contribution in [0.15, 0.2) is 48.5 Å². The average molecular weight is 318 g/mol. The van der Waals surface area contributed by atoms with Crippen LogP contribution in [0.3, 0.4) is 0 Å². The molecule has 1 aliphatic heterocycles. The summed E-state index contributed by atoms with van der Waals surface area (Å²) in [6.07, 6.45) is 3.08. The van der Waals surface area contributed by atoms with Gasteiger partial charge in [0.1, 0.15) is 0 Å². The highest BCUT2D eigenvalue weighted by molar-refractivity contribution is 5.94. The second kappa shape index (κ2) is 7.31. The number of nitriles is 1. The lowest BCUT2D eigenvalue weighted by molar-refractivity contribution is 0.0713. The van der Waals surface area contributed by atoms with Gasteiger partial charge in [-0.05, 0) is 60.6 Å². The lowest BCUT2D eigenvalue weighted by Crippen LogP contribution is -2.37. The van der Waals surface area contributed by atoms with Crippen molar-refractivity contribution in [3.63, 3.8) is 0 Å². The number of hydrogen-bond acceptors (Lipinski definition) is 2. The van der Waals surface area contributed by atoms with Crippen molar-refractivity contribution in [1.29, 1.82) is 5.26 Å². The molecule has 2 aromatic carbocycles. The van der Waals surface area contributed by atoms with Crippen LogP contribution in [-0.2, 0) is 6.42 Å². The van der Waals surface area contributed by atoms with Gasteiger partial charge in [-0.2, -0.15) is 5.26 Å². The van der Waals surface area contributed by atoms with E-state index >= 15 is 0 Å². The molecule has 1 aliphatic rings. The molecule has 0 aromatic heterocycles. The highest BCUT2D eigenvalue weighted by Crippen LogP contribution is 2.29. The number of likely N-dealkylation sites (tertiary alicyclic amines) is 1. The molecule has 1 heterocycles. The van der Waals surface area contributed by atoms with Gasteiger partial charge in [-0.1, -0.05) is 31.2 Å². The Morgan fingerprint density at radius 2 is 1.71 bits per heavy atom. The van der Waals surface area contributed by atoms with Crippen molar-refractivity contribution in [1.82, 2.24) is 4.90 Å². The minimum atomic E-state index is 0.0688. The van der Waals surface area contributed by atoms with Gasteiger partial charge in [-0.15, -0.1) is 0 Å². The minimum Gasteiger partial charge on any atom is -0.339 e. The van der Waals surface area contributed by atoms with Crippen LogP contribution in [0.5, 0.6) is 0 Å². The molecule has 2 aromatic rings. The lowest BCUT2D eigenvalue weighted by Gasteiger charge is -2.32. The van der Waals surface area contributed by atoms with Gasteiger partial charge in [0, 0.05) is 18.7 Å². The maximum Gasteiger partial charge on any atom is 0.253 e. The van der Waals surface area contributed by atoms with E-state index in [0.717, 1.165) is 32.4 Å². The van der Waals surface area contributed by atoms with Crippen LogP contribution in [0.1, 0.15) is 52.7 Å². The maximum absolute atomic E-state index is 12.6. The predicted molar refractivity (Wildman–Crippen MR) is 94.9 cm³/mol. The predicted octanol–water partition coefficient (Wildman–Crippen LogP) is 4.14. The first-order chi connectivity index (χ1) is 11.7. The van der Waals surface area contributed by atoms with Crippen LogP contribution >= 0.6 is 0 Å². The molecule has 0 bridgehead atoms. The first-order valence-electron chi connectivity index (χ1n) is 8.59. The molecule has 1 amide bonds. The molecule has 24 heavy (non-hydrogen) atoms. The van der Waals surface area contributed by atoms with Gasteiger partial charge in [0.05, 0.1) is 11.6 Å². The first kappa shape index (κ1) is 16.3. The molecule has 0 saturated carbocycles. The highest BCUT2D eigenvalue weighted by atomic mass is 16.2. The number of rotatable bonds is 3. The summed E-state index contributed by atoms with van der Waals surface area (Å²) >= 11 is 0. The number of carbonyl (C=O) groups is 1. The standard InChI is InChI=1S/C21H22N2O/c1-2-16-3-7-18(8-4-16)19-11-13-23(14-12-19)21(24)20-9-5-17(15-22)6-10-20/h3-10,19H,2,11-14H2,1H3. The van der Waals surface area contributed by atoms with Crippen LogP contribution in [0, 0.1) is 11.3 Å². The Morgan fingerprint density at radius 3 is 2.25 bits per heavy atom. The summed E-state index contributed by atoms with van der Waals surface area (Å²) in [6, 6.07) is 17.9. The summed E-state index contributed by atoms with van der Waals surface area (Å²) in [5.74, 6) is 0.611. The van der Waals surface area contributed by atoms with Crippen molar-refractivity contribution >= 4 is 5.91 Å². The van der Waals surface area contributed by atoms with E-state index in [1.165, 1.54) is 11.1 Å². The molecule has 0 spiro atoms. The van der Waals surface area contributed by atoms with Crippen molar-refractivity contribution in [3.05, 3.63) is 70.8 Å². The third-order valence-electron chi connectivity index (χ3n) is 4.90. The average Bonchev–Trinajstić information content (AvgIpc) is 2.68. The van der Waals surface area contributed by atoms with E-state index in [1.807, 2.05) is 4.90 Å². The Morgan fingerprint density at radius 1 is 1.08 bits per heavy atom. The molecule has 3 heteroatoms. The second-order valence-electron chi connectivity index (χ2n) is 6.35. The third-order valence-corrected chi connectivity index (χ3v) is 4.90. The van der Waals surface area contributed by atoms with Gasteiger partial charge >= 0.3 is 0 Å². The normalized spacial score (nSPS) is 15.1. The number of amides is 1. The first-order valence-corrected chi connectivity index (χ1v) is 8.59. The van der Waals surface area contributed by atoms with E-state index in [0.29, 0.717) is 17.0 Å². The third kappa shape index (κ3) is 3.49. The van der Waals surface area contributed by atoms with E-state index in [1.54, 1.807) is 24.3 Å². The Bertz CT molecular complexity index is 733. The number of nitrogens with zero attached hydrogens (tertiary/aromatic N) is 2. The second-order valence-corrected chi connectivity index (χ2v) is 6.35. The number of hydrogen-bond donors (Lipinski definition) is 0. The number of benzene rings is 2. The maximum atomic E-state index is 12.6. The monoisotopic (exact) mass is 318 g/mol. The van der Waals surface area contributed by atoms with Crippen molar-refractivity contribution in [2.45, 2.75) is 32.1 Å². The van der Waals surface area contributed by atoms with Gasteiger partial charge in [0.25, 0.3) is 5.91 Å². The number of piperidine rings is 1. The van der Waals surface area contributed by atoms with Crippen LogP contribution in [0.2, 0.25) is 0 Å². The largest absolute Gasteiger partial charge is 0.339 e. The summed E-state index contributed by atoms with van der Waals surface area (Å²) in [5.41, 5.74) is 4.00. The van der Waals surface area contributed by atoms with E-state index in [4.69, 9.17) is 5.26 Å². The molecule has 1 saturated heterocycles. The Kier molecular flexibility index (Phi) is 4.96. The van der Waals surface area contributed by atoms with E-state index in [-0.39, 0.29) is 5.91 Å². The van der Waals surface area contributed by atoms with Crippen LogP contribution in [0.4, 0.5) is 0 Å². The van der Waals surface area contributed by atoms with Gasteiger partial charge in [-0.3, -0.25) is 4.79 Å². The van der Waals surface area contributed by atoms with Gasteiger partial charge in [0.2, 0.25) is 0 Å². The van der Waals surface area contributed by atoms with Gasteiger partial charge in [0.15, 0.2) is 0 Å². The molecule has 0 atom stereocenters. The summed E-state index contributed by atoms with van der Waals surface area (Å²) in [4.78, 5) is 14.5. The molecular formula is C21H22N2O. The zero-order valence-corrected chi connectivity index (χ0v) is 14.0. The molecule has 0 N–H and O–H groups in total. The molecule has 1 fully saturated rings. The SMILES string of the molecule is CCc1ccc(C2CCN(C(=O)c3ccc(C#N)cc3)CC2)cc1. The van der Waals surface area contributed by atoms with E-state index in [2.05, 4.69) is 37.3 Å². The Balaban J connectivity index is 1.61. The Hall–Kier alpha value is -2.60. The van der Waals surface area contributed by atoms with Crippen LogP contribution in [-0.4, -0.2) is 23.9 Å². The van der Waals surface area contributed by atoms with Crippen molar-refractivity contribution < 1.29 is 4.79 Å². The fourth-order valence-electron chi connectivity index (χ4n) is 3.31. The van der Waals surface area contributed by atoms with Gasteiger partial charge < -0.3 is 4.90 Å². The van der Waals surface area contributed by atoms with Crippen molar-refractivity contribution in [3.8, 4) is 6.07 Å². The summed E-state index contributed by atoms with van der Waals surface area (Å²) in [7, 11) is 0. The topological polar surface area (TPSA) is 44.1 Å². The molecule has 3 nitrogen and oxygen atoms in total. The lowest BCUT2D eigenvalue weighted by atomic mass is 9.88. The highest BCUT2D eigenvalue weighted by Gasteiger charge is 2.24. The zero-order valence-electron chi connectivity index (χ0n) is 14.0. The fraction of sp³-hybridized carbons (Fsp3) is 0.333. The van der Waals surface area contributed by atoms with Crippen molar-refractivity contribution in [2.24, 2.45) is 0 Å². The number of aryl methyl sites for hydroxylation is 1. The zero-order chi connectivity index (χ0) is 16.9. The minimum absolute atomic E-state index is 0.0688. The van der Waals surface area contributed by atoms with E-state index < -0.39 is 0 Å². The molecule has 0 unspecified atom stereocenters. The summed E-state index contributed by atoms with van der Waals surface area (Å²) in [5, 5.41) is 8.84. The molecular weight excluding hydrogens is 296 g/mol. The summed E-state index contributed by atoms with van der Waals surface area (Å²) < 4.78 is 0.